The topological polar surface area (TPSA) is 135 Å². The highest BCUT2D eigenvalue weighted by atomic mass is 16.6. The molecule has 10 nitrogen and oxygen atoms in total. The van der Waals surface area contributed by atoms with Gasteiger partial charge in [-0.05, 0) is 63.6 Å². The van der Waals surface area contributed by atoms with E-state index >= 15 is 0 Å². The van der Waals surface area contributed by atoms with Gasteiger partial charge in [-0.1, -0.05) is 32.9 Å². The van der Waals surface area contributed by atoms with Crippen molar-refractivity contribution in [2.45, 2.75) is 104 Å². The number of hydrogen-bond acceptors (Lipinski definition) is 7. The Morgan fingerprint density at radius 2 is 1.74 bits per heavy atom. The number of aliphatic hydroxyl groups is 1. The third-order valence-electron chi connectivity index (χ3n) is 7.12. The molecule has 3 rings (SSSR count). The molecule has 2 aliphatic heterocycles. The Bertz CT molecular complexity index is 1090. The van der Waals surface area contributed by atoms with Crippen molar-refractivity contribution >= 4 is 23.6 Å². The maximum Gasteiger partial charge on any atom is 0.408 e. The van der Waals surface area contributed by atoms with E-state index in [1.165, 1.54) is 4.90 Å². The van der Waals surface area contributed by atoms with Gasteiger partial charge >= 0.3 is 6.09 Å². The fourth-order valence-electron chi connectivity index (χ4n) is 5.10. The summed E-state index contributed by atoms with van der Waals surface area (Å²) in [5.74, 6) is -0.815. The molecular formula is C29H43N5O5. The van der Waals surface area contributed by atoms with Crippen LogP contribution in [0.1, 0.15) is 79.3 Å². The molecule has 1 aromatic carbocycles. The van der Waals surface area contributed by atoms with Crippen molar-refractivity contribution in [2.24, 2.45) is 5.41 Å². The van der Waals surface area contributed by atoms with E-state index in [1.807, 2.05) is 52.0 Å². The largest absolute Gasteiger partial charge is 0.444 e. The molecule has 0 radical (unpaired) electrons. The number of β-amino-alcohol motifs (C(OH)–C–C–N with tert-alkyl or cyclic N) is 1. The molecule has 2 saturated heterocycles. The molecular weight excluding hydrogens is 498 g/mol. The Kier molecular flexibility index (Phi) is 9.16. The van der Waals surface area contributed by atoms with Crippen LogP contribution in [0.3, 0.4) is 0 Å². The van der Waals surface area contributed by atoms with E-state index in [9.17, 15) is 24.8 Å². The number of nitriles is 1. The van der Waals surface area contributed by atoms with E-state index < -0.39 is 41.2 Å². The summed E-state index contributed by atoms with van der Waals surface area (Å²) >= 11 is 0. The van der Waals surface area contributed by atoms with Crippen molar-refractivity contribution in [1.82, 2.24) is 15.5 Å². The van der Waals surface area contributed by atoms with Gasteiger partial charge in [0.25, 0.3) is 0 Å². The van der Waals surface area contributed by atoms with E-state index in [-0.39, 0.29) is 31.0 Å². The first-order chi connectivity index (χ1) is 18.1. The quantitative estimate of drug-likeness (QED) is 0.503. The van der Waals surface area contributed by atoms with E-state index in [1.54, 1.807) is 20.8 Å². The maximum absolute atomic E-state index is 13.7. The Balaban J connectivity index is 1.70. The van der Waals surface area contributed by atoms with Crippen LogP contribution in [0.15, 0.2) is 24.3 Å². The van der Waals surface area contributed by atoms with Gasteiger partial charge in [0.15, 0.2) is 0 Å². The Morgan fingerprint density at radius 1 is 1.10 bits per heavy atom. The van der Waals surface area contributed by atoms with Crippen molar-refractivity contribution in [3.05, 3.63) is 29.8 Å². The molecule has 2 fully saturated rings. The number of nitrogens with one attached hydrogen (secondary N) is 2. The van der Waals surface area contributed by atoms with Gasteiger partial charge in [-0.2, -0.15) is 5.26 Å². The minimum Gasteiger partial charge on any atom is -0.444 e. The van der Waals surface area contributed by atoms with Gasteiger partial charge in [-0.3, -0.25) is 9.59 Å². The number of amides is 3. The molecule has 2 heterocycles. The minimum absolute atomic E-state index is 0.00152. The summed E-state index contributed by atoms with van der Waals surface area (Å²) in [7, 11) is 0. The zero-order valence-electron chi connectivity index (χ0n) is 24.2. The fourth-order valence-corrected chi connectivity index (χ4v) is 5.10. The molecule has 0 bridgehead atoms. The third kappa shape index (κ3) is 7.63. The number of aliphatic hydroxyl groups excluding tert-OH is 1. The average molecular weight is 542 g/mol. The number of carbonyl (C=O) groups excluding carboxylic acids is 3. The standard InChI is InChI=1S/C29H43N5O5/c1-18(19-10-12-20(13-11-19)33-14-8-9-21(33)16-30)31-25(36)23-15-22(35)17-34(23)26(37)24(28(2,3)4)32-27(38)39-29(5,6)7/h10-13,18,21-24,35H,8-9,14-15,17H2,1-7H3,(H,31,36)(H,32,38)/t18-,21-,22+,23-,24+/m0/s1. The summed E-state index contributed by atoms with van der Waals surface area (Å²) in [6.45, 7) is 13.4. The zero-order valence-corrected chi connectivity index (χ0v) is 24.2. The lowest BCUT2D eigenvalue weighted by Crippen LogP contribution is -2.58. The molecule has 10 heteroatoms. The molecule has 3 N–H and O–H groups in total. The van der Waals surface area contributed by atoms with E-state index in [4.69, 9.17) is 4.74 Å². The first kappa shape index (κ1) is 30.2. The van der Waals surface area contributed by atoms with E-state index in [0.29, 0.717) is 0 Å². The van der Waals surface area contributed by atoms with Crippen molar-refractivity contribution in [2.75, 3.05) is 18.0 Å². The van der Waals surface area contributed by atoms with Crippen LogP contribution < -0.4 is 15.5 Å². The van der Waals surface area contributed by atoms with Crippen LogP contribution in [0.25, 0.3) is 0 Å². The lowest BCUT2D eigenvalue weighted by atomic mass is 9.85. The smallest absolute Gasteiger partial charge is 0.408 e. The average Bonchev–Trinajstić information content (AvgIpc) is 3.47. The van der Waals surface area contributed by atoms with Crippen LogP contribution in [-0.4, -0.2) is 70.8 Å². The van der Waals surface area contributed by atoms with Gasteiger partial charge in [-0.25, -0.2) is 4.79 Å². The highest BCUT2D eigenvalue weighted by Crippen LogP contribution is 2.29. The second-order valence-corrected chi connectivity index (χ2v) is 12.6. The first-order valence-corrected chi connectivity index (χ1v) is 13.7. The highest BCUT2D eigenvalue weighted by molar-refractivity contribution is 5.92. The summed E-state index contributed by atoms with van der Waals surface area (Å²) in [5, 5.41) is 25.4. The van der Waals surface area contributed by atoms with Crippen LogP contribution in [0.4, 0.5) is 10.5 Å². The van der Waals surface area contributed by atoms with Crippen LogP contribution in [-0.2, 0) is 14.3 Å². The molecule has 39 heavy (non-hydrogen) atoms. The van der Waals surface area contributed by atoms with Crippen LogP contribution in [0.5, 0.6) is 0 Å². The van der Waals surface area contributed by atoms with Gasteiger partial charge in [-0.15, -0.1) is 0 Å². The summed E-state index contributed by atoms with van der Waals surface area (Å²) in [6, 6.07) is 7.83. The van der Waals surface area contributed by atoms with Gasteiger partial charge in [0.1, 0.15) is 23.7 Å². The number of benzene rings is 1. The number of anilines is 1. The summed E-state index contributed by atoms with van der Waals surface area (Å²) in [6.07, 6.45) is 0.379. The molecule has 0 spiro atoms. The molecule has 5 atom stereocenters. The second kappa shape index (κ2) is 11.8. The maximum atomic E-state index is 13.7. The second-order valence-electron chi connectivity index (χ2n) is 12.6. The molecule has 214 valence electrons. The molecule has 0 aliphatic carbocycles. The van der Waals surface area contributed by atoms with E-state index in [2.05, 4.69) is 21.6 Å². The number of likely N-dealkylation sites (tertiary alicyclic amines) is 1. The van der Waals surface area contributed by atoms with Gasteiger partial charge < -0.3 is 30.3 Å². The number of carbonyl (C=O) groups is 3. The first-order valence-electron chi connectivity index (χ1n) is 13.7. The monoisotopic (exact) mass is 541 g/mol. The molecule has 0 aromatic heterocycles. The zero-order chi connectivity index (χ0) is 29.1. The summed E-state index contributed by atoms with van der Waals surface area (Å²) in [5.41, 5.74) is 0.456. The fraction of sp³-hybridized carbons (Fsp3) is 0.655. The number of hydrogen-bond donors (Lipinski definition) is 3. The van der Waals surface area contributed by atoms with Crippen molar-refractivity contribution in [3.8, 4) is 6.07 Å². The molecule has 3 amide bonds. The molecule has 0 saturated carbocycles. The summed E-state index contributed by atoms with van der Waals surface area (Å²) in [4.78, 5) is 43.0. The van der Waals surface area contributed by atoms with Gasteiger partial charge in [0, 0.05) is 25.2 Å². The van der Waals surface area contributed by atoms with Crippen molar-refractivity contribution in [1.29, 1.82) is 5.26 Å². The third-order valence-corrected chi connectivity index (χ3v) is 7.12. The Morgan fingerprint density at radius 3 is 2.31 bits per heavy atom. The van der Waals surface area contributed by atoms with Crippen LogP contribution in [0.2, 0.25) is 0 Å². The normalized spacial score (nSPS) is 23.1. The number of rotatable bonds is 6. The predicted molar refractivity (Wildman–Crippen MR) is 148 cm³/mol. The molecule has 2 aliphatic rings. The van der Waals surface area contributed by atoms with E-state index in [0.717, 1.165) is 30.6 Å². The number of alkyl carbamates (subject to hydrolysis) is 1. The molecule has 0 unspecified atom stereocenters. The van der Waals surface area contributed by atoms with Crippen molar-refractivity contribution in [3.63, 3.8) is 0 Å². The van der Waals surface area contributed by atoms with Crippen LogP contribution in [0, 0.1) is 16.7 Å². The van der Waals surface area contributed by atoms with Crippen LogP contribution >= 0.6 is 0 Å². The predicted octanol–water partition coefficient (Wildman–Crippen LogP) is 3.26. The lowest BCUT2D eigenvalue weighted by Gasteiger charge is -2.35. The Hall–Kier alpha value is -3.32. The number of ether oxygens (including phenoxy) is 1. The van der Waals surface area contributed by atoms with Crippen molar-refractivity contribution < 1.29 is 24.2 Å². The SMILES string of the molecule is C[C@H](NC(=O)[C@@H]1C[C@@H](O)CN1C(=O)[C@@H](NC(=O)OC(C)(C)C)C(C)(C)C)c1ccc(N2CCC[C@H]2C#N)cc1. The lowest BCUT2D eigenvalue weighted by molar-refractivity contribution is -0.142. The minimum atomic E-state index is -0.958. The molecule has 1 aromatic rings. The highest BCUT2D eigenvalue weighted by Gasteiger charge is 2.45. The van der Waals surface area contributed by atoms with Gasteiger partial charge in [0.05, 0.1) is 18.2 Å². The van der Waals surface area contributed by atoms with Gasteiger partial charge in [0.2, 0.25) is 11.8 Å². The Labute approximate surface area is 231 Å². The summed E-state index contributed by atoms with van der Waals surface area (Å²) < 4.78 is 5.36. The number of nitrogens with zero attached hydrogens (tertiary/aromatic N) is 3.